The Hall–Kier alpha value is -2.59. The summed E-state index contributed by atoms with van der Waals surface area (Å²) >= 11 is 1.79. The lowest BCUT2D eigenvalue weighted by Crippen LogP contribution is -2.76. The van der Waals surface area contributed by atoms with Crippen LogP contribution < -0.4 is 5.32 Å². The minimum absolute atomic E-state index is 0.0261. The second kappa shape index (κ2) is 10.8. The van der Waals surface area contributed by atoms with Crippen LogP contribution in [-0.2, 0) is 16.1 Å². The first-order valence-electron chi connectivity index (χ1n) is 11.8. The zero-order valence-electron chi connectivity index (χ0n) is 19.7. The van der Waals surface area contributed by atoms with Crippen LogP contribution in [0.15, 0.2) is 35.7 Å². The molecule has 184 valence electrons. The molecule has 1 aromatic carbocycles. The number of allylic oxidation sites excluding steroid dienone is 1. The molecule has 4 rings (SSSR count). The maximum atomic E-state index is 13.4. The van der Waals surface area contributed by atoms with E-state index in [0.717, 1.165) is 24.8 Å². The van der Waals surface area contributed by atoms with Crippen LogP contribution in [0.5, 0.6) is 0 Å². The van der Waals surface area contributed by atoms with Gasteiger partial charge in [-0.3, -0.25) is 9.59 Å². The molecule has 3 aliphatic rings. The monoisotopic (exact) mass is 489 g/mol. The zero-order valence-corrected chi connectivity index (χ0v) is 20.5. The van der Waals surface area contributed by atoms with E-state index in [-0.39, 0.29) is 43.3 Å². The fraction of sp³-hybridized carbons (Fsp3) is 0.542. The molecule has 3 heterocycles. The van der Waals surface area contributed by atoms with Gasteiger partial charge in [0, 0.05) is 25.4 Å². The Morgan fingerprint density at radius 3 is 2.65 bits per heavy atom. The van der Waals surface area contributed by atoms with Crippen molar-refractivity contribution in [3.05, 3.63) is 47.1 Å². The van der Waals surface area contributed by atoms with Crippen LogP contribution in [0, 0.1) is 5.82 Å². The molecule has 0 aromatic heterocycles. The highest BCUT2D eigenvalue weighted by Gasteiger charge is 2.50. The van der Waals surface area contributed by atoms with Gasteiger partial charge in [-0.2, -0.15) is 0 Å². The predicted molar refractivity (Wildman–Crippen MR) is 129 cm³/mol. The first-order chi connectivity index (χ1) is 16.4. The number of benzene rings is 1. The van der Waals surface area contributed by atoms with E-state index < -0.39 is 12.2 Å². The molecule has 0 bridgehead atoms. The number of halogens is 1. The third-order valence-corrected chi connectivity index (χ3v) is 7.72. The van der Waals surface area contributed by atoms with Crippen molar-refractivity contribution in [2.75, 3.05) is 26.7 Å². The van der Waals surface area contributed by atoms with Crippen LogP contribution in [0.2, 0.25) is 0 Å². The number of likely N-dealkylation sites (N-methyl/N-ethyl adjacent to an activating group) is 1. The summed E-state index contributed by atoms with van der Waals surface area (Å²) in [5, 5.41) is 8.63. The Kier molecular flexibility index (Phi) is 7.77. The van der Waals surface area contributed by atoms with Gasteiger partial charge >= 0.3 is 6.03 Å². The molecule has 4 amide bonds. The predicted octanol–water partition coefficient (Wildman–Crippen LogP) is 2.77. The van der Waals surface area contributed by atoms with E-state index in [1.54, 1.807) is 45.9 Å². The number of hydrogen-bond donors (Lipinski definition) is 1. The molecular weight excluding hydrogens is 457 g/mol. The molecule has 0 saturated carbocycles. The fourth-order valence-corrected chi connectivity index (χ4v) is 5.74. The largest absolute Gasteiger partial charge is 0.337 e. The van der Waals surface area contributed by atoms with Crippen molar-refractivity contribution in [1.82, 2.24) is 25.1 Å². The minimum Gasteiger partial charge on any atom is -0.337 e. The number of rotatable bonds is 7. The maximum Gasteiger partial charge on any atom is 0.334 e. The Morgan fingerprint density at radius 2 is 1.97 bits per heavy atom. The lowest BCUT2D eigenvalue weighted by Gasteiger charge is -2.54. The fourth-order valence-electron chi connectivity index (χ4n) is 4.83. The van der Waals surface area contributed by atoms with Crippen LogP contribution in [-0.4, -0.2) is 81.8 Å². The minimum atomic E-state index is -0.567. The maximum absolute atomic E-state index is 13.4. The first kappa shape index (κ1) is 24.5. The number of urea groups is 1. The number of carbonyl (C=O) groups excluding carboxylic acids is 3. The smallest absolute Gasteiger partial charge is 0.334 e. The second-order valence-corrected chi connectivity index (χ2v) is 10.2. The van der Waals surface area contributed by atoms with Crippen molar-refractivity contribution < 1.29 is 18.8 Å². The van der Waals surface area contributed by atoms with Crippen molar-refractivity contribution in [3.8, 4) is 0 Å². The van der Waals surface area contributed by atoms with Crippen LogP contribution in [0.1, 0.15) is 38.2 Å². The molecule has 1 unspecified atom stereocenters. The Bertz CT molecular complexity index is 935. The number of thioether (sulfide) groups is 1. The van der Waals surface area contributed by atoms with Gasteiger partial charge in [-0.05, 0) is 42.4 Å². The lowest BCUT2D eigenvalue weighted by atomic mass is 10.0. The number of hydrogen-bond acceptors (Lipinski definition) is 5. The first-order valence-corrected chi connectivity index (χ1v) is 12.8. The summed E-state index contributed by atoms with van der Waals surface area (Å²) in [6.45, 7) is 3.14. The number of carbonyl (C=O) groups is 3. The molecule has 2 fully saturated rings. The number of hydrazine groups is 1. The molecule has 1 N–H and O–H groups in total. The number of nitrogens with zero attached hydrogens (tertiary/aromatic N) is 4. The molecule has 2 saturated heterocycles. The number of amides is 4. The van der Waals surface area contributed by atoms with Gasteiger partial charge in [0.1, 0.15) is 18.0 Å². The van der Waals surface area contributed by atoms with E-state index in [9.17, 15) is 18.8 Å². The molecule has 10 heteroatoms. The molecule has 3 atom stereocenters. The SMILES string of the molecule is CCC[C@H]1C(=O)N(CCC2CC=CS2)C[C@H]2N1C(=O)CN(C)N2C(=O)NCc1ccc(F)cc1. The highest BCUT2D eigenvalue weighted by molar-refractivity contribution is 8.03. The van der Waals surface area contributed by atoms with E-state index >= 15 is 0 Å². The van der Waals surface area contributed by atoms with Gasteiger partial charge in [0.15, 0.2) is 0 Å². The van der Waals surface area contributed by atoms with Crippen molar-refractivity contribution >= 4 is 29.6 Å². The summed E-state index contributed by atoms with van der Waals surface area (Å²) in [6.07, 6.45) is 4.77. The third-order valence-electron chi connectivity index (χ3n) is 6.55. The summed E-state index contributed by atoms with van der Waals surface area (Å²) in [4.78, 5) is 43.1. The average Bonchev–Trinajstić information content (AvgIpc) is 3.33. The van der Waals surface area contributed by atoms with Gasteiger partial charge in [0.25, 0.3) is 0 Å². The van der Waals surface area contributed by atoms with Crippen LogP contribution >= 0.6 is 11.8 Å². The normalized spacial score (nSPS) is 25.1. The molecule has 0 aliphatic carbocycles. The van der Waals surface area contributed by atoms with Gasteiger partial charge in [-0.15, -0.1) is 11.8 Å². The highest BCUT2D eigenvalue weighted by Crippen LogP contribution is 2.30. The molecule has 1 aromatic rings. The third kappa shape index (κ3) is 5.22. The molecule has 34 heavy (non-hydrogen) atoms. The Labute approximate surface area is 204 Å². The summed E-state index contributed by atoms with van der Waals surface area (Å²) in [5.74, 6) is -0.503. The average molecular weight is 490 g/mol. The number of nitrogens with one attached hydrogen (secondary N) is 1. The van der Waals surface area contributed by atoms with Gasteiger partial charge in [0.05, 0.1) is 13.1 Å². The molecule has 8 nitrogen and oxygen atoms in total. The van der Waals surface area contributed by atoms with Crippen molar-refractivity contribution in [1.29, 1.82) is 0 Å². The van der Waals surface area contributed by atoms with Gasteiger partial charge in [-0.25, -0.2) is 19.2 Å². The molecule has 3 aliphatic heterocycles. The van der Waals surface area contributed by atoms with E-state index in [1.165, 1.54) is 12.1 Å². The molecule has 0 radical (unpaired) electrons. The van der Waals surface area contributed by atoms with E-state index in [0.29, 0.717) is 18.2 Å². The second-order valence-electron chi connectivity index (χ2n) is 8.97. The van der Waals surface area contributed by atoms with Crippen molar-refractivity contribution in [3.63, 3.8) is 0 Å². The van der Waals surface area contributed by atoms with Crippen LogP contribution in [0.4, 0.5) is 9.18 Å². The quantitative estimate of drug-likeness (QED) is 0.638. The van der Waals surface area contributed by atoms with E-state index in [1.807, 2.05) is 11.8 Å². The van der Waals surface area contributed by atoms with Gasteiger partial charge in [0.2, 0.25) is 11.8 Å². The molecular formula is C24H32FN5O3S. The highest BCUT2D eigenvalue weighted by atomic mass is 32.2. The standard InChI is InChI=1S/C24H32FN5O3S/c1-3-5-20-23(32)28(12-11-19-6-4-13-34-19)15-21-29(20)22(31)16-27(2)30(21)24(33)26-14-17-7-9-18(25)10-8-17/h4,7-10,13,19-21H,3,5-6,11-12,14-16H2,1-2H3,(H,26,33)/t19?,20-,21-/m0/s1. The summed E-state index contributed by atoms with van der Waals surface area (Å²) in [5.41, 5.74) is 0.773. The summed E-state index contributed by atoms with van der Waals surface area (Å²) < 4.78 is 13.2. The van der Waals surface area contributed by atoms with Gasteiger partial charge < -0.3 is 15.1 Å². The van der Waals surface area contributed by atoms with Crippen LogP contribution in [0.25, 0.3) is 0 Å². The van der Waals surface area contributed by atoms with Crippen molar-refractivity contribution in [2.24, 2.45) is 0 Å². The van der Waals surface area contributed by atoms with E-state index in [4.69, 9.17) is 0 Å². The Balaban J connectivity index is 1.51. The Morgan fingerprint density at radius 1 is 1.21 bits per heavy atom. The summed E-state index contributed by atoms with van der Waals surface area (Å²) in [7, 11) is 1.71. The summed E-state index contributed by atoms with van der Waals surface area (Å²) in [6, 6.07) is 5.04. The van der Waals surface area contributed by atoms with Crippen LogP contribution in [0.3, 0.4) is 0 Å². The van der Waals surface area contributed by atoms with Crippen molar-refractivity contribution in [2.45, 2.75) is 56.6 Å². The van der Waals surface area contributed by atoms with Gasteiger partial charge in [-0.1, -0.05) is 31.6 Å². The zero-order chi connectivity index (χ0) is 24.2. The topological polar surface area (TPSA) is 76.2 Å². The number of piperazine rings is 1. The number of fused-ring (bicyclic) bond motifs is 1. The van der Waals surface area contributed by atoms with E-state index in [2.05, 4.69) is 16.8 Å². The molecule has 0 spiro atoms. The lowest BCUT2D eigenvalue weighted by molar-refractivity contribution is -0.187.